The molecule has 6 heterocycles. The van der Waals surface area contributed by atoms with Gasteiger partial charge in [0.2, 0.25) is 0 Å². The van der Waals surface area contributed by atoms with Crippen LogP contribution in [-0.4, -0.2) is 45.8 Å². The Morgan fingerprint density at radius 1 is 0.208 bits per heavy atom. The molecule has 470 valence electrons. The summed E-state index contributed by atoms with van der Waals surface area (Å²) < 4.78 is 4.77. The molecule has 0 atom stereocenters. The van der Waals surface area contributed by atoms with E-state index in [4.69, 9.17) is 29.9 Å². The second-order valence-electron chi connectivity index (χ2n) is 25.8. The van der Waals surface area contributed by atoms with Crippen molar-refractivity contribution in [1.82, 2.24) is 39.0 Å². The molecule has 0 radical (unpaired) electrons. The van der Waals surface area contributed by atoms with Crippen LogP contribution in [-0.2, 0) is 0 Å². The van der Waals surface area contributed by atoms with E-state index in [0.29, 0.717) is 34.9 Å². The molecule has 10 nitrogen and oxygen atoms in total. The van der Waals surface area contributed by atoms with E-state index in [9.17, 15) is 0 Å². The summed E-state index contributed by atoms with van der Waals surface area (Å²) in [5.41, 5.74) is 23.9. The molecule has 11 heteroatoms. The third-order valence-corrected chi connectivity index (χ3v) is 20.0. The van der Waals surface area contributed by atoms with E-state index < -0.39 is 0 Å². The highest BCUT2D eigenvalue weighted by atomic mass is 15.2. The highest BCUT2D eigenvalue weighted by Gasteiger charge is 2.43. The van der Waals surface area contributed by atoms with Gasteiger partial charge in [-0.1, -0.05) is 243 Å². The second kappa shape index (κ2) is 23.6. The highest BCUT2D eigenvalue weighted by Crippen LogP contribution is 2.48. The first-order valence-corrected chi connectivity index (χ1v) is 34.1. The Balaban J connectivity index is 0.806. The van der Waals surface area contributed by atoms with Gasteiger partial charge in [0.1, 0.15) is 0 Å². The van der Waals surface area contributed by atoms with Crippen LogP contribution in [0.25, 0.3) is 134 Å². The molecule has 0 aliphatic carbocycles. The fourth-order valence-corrected chi connectivity index (χ4v) is 15.5. The van der Waals surface area contributed by atoms with E-state index >= 15 is 0 Å². The zero-order chi connectivity index (χ0) is 66.5. The van der Waals surface area contributed by atoms with E-state index in [1.807, 2.05) is 78.9 Å². The first-order valence-electron chi connectivity index (χ1n) is 34.1. The number of rotatable bonds is 11. The average Bonchev–Trinajstić information content (AvgIpc) is 1.67. The topological polar surface area (TPSA) is 93.7 Å². The molecular weight excluding hydrogens is 1230 g/mol. The number of hydrogen-bond donors (Lipinski definition) is 0. The third kappa shape index (κ3) is 9.58. The summed E-state index contributed by atoms with van der Waals surface area (Å²) in [6.45, 7) is -0.00363. The zero-order valence-corrected chi connectivity index (χ0v) is 54.5. The van der Waals surface area contributed by atoms with Crippen molar-refractivity contribution in [3.05, 3.63) is 346 Å². The third-order valence-electron chi connectivity index (χ3n) is 20.0. The van der Waals surface area contributed by atoms with Crippen LogP contribution in [0.3, 0.4) is 0 Å². The highest BCUT2D eigenvalue weighted by molar-refractivity contribution is 7.00. The first kappa shape index (κ1) is 57.6. The Morgan fingerprint density at radius 3 is 1.07 bits per heavy atom. The fourth-order valence-electron chi connectivity index (χ4n) is 15.5. The number of nitrogens with zero attached hydrogens (tertiary/aromatic N) is 10. The maximum absolute atomic E-state index is 5.65. The van der Waals surface area contributed by atoms with Gasteiger partial charge in [-0.05, 0) is 131 Å². The quantitative estimate of drug-likeness (QED) is 0.118. The van der Waals surface area contributed by atoms with Crippen molar-refractivity contribution in [2.24, 2.45) is 0 Å². The summed E-state index contributed by atoms with van der Waals surface area (Å²) in [6, 6.07) is 123. The zero-order valence-electron chi connectivity index (χ0n) is 54.5. The van der Waals surface area contributed by atoms with E-state index in [2.05, 4.69) is 286 Å². The molecule has 2 aliphatic rings. The van der Waals surface area contributed by atoms with Crippen molar-refractivity contribution >= 4 is 101 Å². The van der Waals surface area contributed by atoms with Gasteiger partial charge in [-0.2, -0.15) is 0 Å². The fraction of sp³-hybridized carbons (Fsp3) is 0. The first-order chi connectivity index (χ1) is 50.1. The second-order valence-corrected chi connectivity index (χ2v) is 25.8. The summed E-state index contributed by atoms with van der Waals surface area (Å²) in [5.74, 6) is 3.17. The molecule has 18 aromatic rings. The smallest absolute Gasteiger partial charge is 0.252 e. The lowest BCUT2D eigenvalue weighted by Crippen LogP contribution is -2.61. The monoisotopic (exact) mass is 1290 g/mol. The summed E-state index contributed by atoms with van der Waals surface area (Å²) in [5, 5.41) is 4.59. The van der Waals surface area contributed by atoms with Gasteiger partial charge in [-0.25, -0.2) is 29.9 Å². The maximum Gasteiger partial charge on any atom is 0.252 e. The van der Waals surface area contributed by atoms with Crippen molar-refractivity contribution in [3.63, 3.8) is 0 Å². The van der Waals surface area contributed by atoms with Crippen LogP contribution in [0.4, 0.5) is 34.1 Å². The molecule has 0 spiro atoms. The minimum atomic E-state index is -0.00363. The van der Waals surface area contributed by atoms with E-state index in [1.165, 1.54) is 27.2 Å². The maximum atomic E-state index is 5.65. The molecule has 0 bridgehead atoms. The Labute approximate surface area is 582 Å². The minimum Gasteiger partial charge on any atom is -0.311 e. The van der Waals surface area contributed by atoms with Gasteiger partial charge in [0, 0.05) is 94.7 Å². The van der Waals surface area contributed by atoms with E-state index in [1.54, 1.807) is 0 Å². The molecule has 0 N–H and O–H groups in total. The number of benzene rings is 14. The van der Waals surface area contributed by atoms with Gasteiger partial charge in [-0.3, -0.25) is 0 Å². The molecule has 2 aliphatic heterocycles. The number of fused-ring (bicyclic) bond motifs is 10. The van der Waals surface area contributed by atoms with Gasteiger partial charge >= 0.3 is 0 Å². The molecule has 0 saturated heterocycles. The molecule has 0 fully saturated rings. The van der Waals surface area contributed by atoms with Gasteiger partial charge in [-0.15, -0.1) is 0 Å². The standard InChI is InChI=1S/C90H57BN10/c1-7-27-59(28-8-1)85-92-86(60-29-9-2-10-30-60)95-89(94-85)63-51-52-77(101-76-44-24-20-40-69(76)71-56-70-68-39-19-23-43-75(68)98(80(70)57-81(71)101)65-33-13-4-14-34-65)72(53-63)90-96-87(61-31-11-3-12-32-61)93-88(97-90)62-49-47-58(48-50-62)64-54-82-84-83(55-64)100(67-37-17-6-18-38-67)79-46-26-22-42-74(79)91(84)73-41-21-25-45-78(73)99(82)66-35-15-5-16-36-66/h1-57H. The summed E-state index contributed by atoms with van der Waals surface area (Å²) >= 11 is 0. The molecule has 0 amide bonds. The SMILES string of the molecule is c1ccc(-c2nc(-c3ccccc3)nc(-c3ccc(-n4c5ccccc5c5cc6c7ccccc7n(-c7ccccc7)c6cc54)c(-c4nc(-c5ccccc5)nc(-c5ccc(-c6cc7c8c(c6)N(c6ccccc6)c6ccccc6B8c6ccccc6N7c6ccccc6)cc5)n4)c3)n2)cc1. The molecule has 0 saturated carbocycles. The molecule has 20 rings (SSSR count). The van der Waals surface area contributed by atoms with Crippen molar-refractivity contribution in [3.8, 4) is 90.8 Å². The van der Waals surface area contributed by atoms with Crippen LogP contribution >= 0.6 is 0 Å². The van der Waals surface area contributed by atoms with Gasteiger partial charge < -0.3 is 18.9 Å². The van der Waals surface area contributed by atoms with Crippen LogP contribution in [0.15, 0.2) is 346 Å². The predicted octanol–water partition coefficient (Wildman–Crippen LogP) is 20.0. The Bertz CT molecular complexity index is 6100. The normalized spacial score (nSPS) is 12.3. The van der Waals surface area contributed by atoms with Crippen LogP contribution in [0.1, 0.15) is 0 Å². The largest absolute Gasteiger partial charge is 0.311 e. The lowest BCUT2D eigenvalue weighted by atomic mass is 9.33. The van der Waals surface area contributed by atoms with E-state index in [-0.39, 0.29) is 6.71 Å². The van der Waals surface area contributed by atoms with Gasteiger partial charge in [0.15, 0.2) is 34.9 Å². The van der Waals surface area contributed by atoms with Crippen molar-refractivity contribution < 1.29 is 0 Å². The predicted molar refractivity (Wildman–Crippen MR) is 414 cm³/mol. The Hall–Kier alpha value is -13.6. The number of hydrogen-bond acceptors (Lipinski definition) is 8. The lowest BCUT2D eigenvalue weighted by Gasteiger charge is -2.44. The van der Waals surface area contributed by atoms with E-state index in [0.717, 1.165) is 123 Å². The molecular formula is C90H57BN10. The number of anilines is 6. The van der Waals surface area contributed by atoms with Crippen molar-refractivity contribution in [2.75, 3.05) is 9.80 Å². The Morgan fingerprint density at radius 2 is 0.574 bits per heavy atom. The molecule has 14 aromatic carbocycles. The Kier molecular flexibility index (Phi) is 13.4. The van der Waals surface area contributed by atoms with Crippen LogP contribution < -0.4 is 26.2 Å². The summed E-state index contributed by atoms with van der Waals surface area (Å²) in [4.78, 5) is 37.2. The average molecular weight is 1290 g/mol. The number of para-hydroxylation sites is 7. The molecule has 101 heavy (non-hydrogen) atoms. The van der Waals surface area contributed by atoms with Crippen molar-refractivity contribution in [2.45, 2.75) is 0 Å². The molecule has 4 aromatic heterocycles. The van der Waals surface area contributed by atoms with Crippen LogP contribution in [0.5, 0.6) is 0 Å². The summed E-state index contributed by atoms with van der Waals surface area (Å²) in [6.07, 6.45) is 0. The van der Waals surface area contributed by atoms with Gasteiger partial charge in [0.25, 0.3) is 6.71 Å². The van der Waals surface area contributed by atoms with Crippen LogP contribution in [0.2, 0.25) is 0 Å². The van der Waals surface area contributed by atoms with Crippen molar-refractivity contribution in [1.29, 1.82) is 0 Å². The minimum absolute atomic E-state index is 0.00363. The summed E-state index contributed by atoms with van der Waals surface area (Å²) in [7, 11) is 0. The lowest BCUT2D eigenvalue weighted by molar-refractivity contribution is 1.06. The van der Waals surface area contributed by atoms with Gasteiger partial charge in [0.05, 0.1) is 27.8 Å². The molecule has 0 unspecified atom stereocenters. The number of aromatic nitrogens is 8. The van der Waals surface area contributed by atoms with Crippen LogP contribution in [0, 0.1) is 0 Å².